The maximum Gasteiger partial charge on any atom is 0.325 e. The van der Waals surface area contributed by atoms with E-state index in [4.69, 9.17) is 0 Å². The van der Waals surface area contributed by atoms with E-state index in [1.165, 1.54) is 0 Å². The smallest absolute Gasteiger partial charge is 0.325 e. The van der Waals surface area contributed by atoms with E-state index in [9.17, 15) is 9.90 Å². The summed E-state index contributed by atoms with van der Waals surface area (Å²) in [7, 11) is 1.83. The van der Waals surface area contributed by atoms with E-state index >= 15 is 0 Å². The van der Waals surface area contributed by atoms with Crippen molar-refractivity contribution in [2.45, 2.75) is 12.6 Å². The van der Waals surface area contributed by atoms with Gasteiger partial charge in [0.25, 0.3) is 0 Å². The molecule has 2 rings (SSSR count). The van der Waals surface area contributed by atoms with Gasteiger partial charge in [-0.15, -0.1) is 0 Å². The van der Waals surface area contributed by atoms with Crippen molar-refractivity contribution in [1.82, 2.24) is 4.90 Å². The third-order valence-corrected chi connectivity index (χ3v) is 3.06. The van der Waals surface area contributed by atoms with Gasteiger partial charge in [0.05, 0.1) is 0 Å². The number of benzene rings is 2. The molecule has 1 atom stereocenters. The molecule has 0 saturated carbocycles. The lowest BCUT2D eigenvalue weighted by molar-refractivity contribution is -0.143. The van der Waals surface area contributed by atoms with E-state index < -0.39 is 12.0 Å². The Labute approximate surface area is 113 Å². The van der Waals surface area contributed by atoms with Crippen molar-refractivity contribution >= 4 is 5.97 Å². The minimum atomic E-state index is -0.829. The first-order valence-corrected chi connectivity index (χ1v) is 6.20. The Hall–Kier alpha value is -2.13. The molecule has 0 saturated heterocycles. The zero-order valence-corrected chi connectivity index (χ0v) is 10.9. The molecule has 0 aliphatic heterocycles. The topological polar surface area (TPSA) is 40.5 Å². The molecule has 2 aromatic carbocycles. The van der Waals surface area contributed by atoms with E-state index in [0.29, 0.717) is 6.54 Å². The molecule has 98 valence electrons. The molecule has 19 heavy (non-hydrogen) atoms. The molecule has 0 radical (unpaired) electrons. The van der Waals surface area contributed by atoms with Gasteiger partial charge in [0.2, 0.25) is 0 Å². The average Bonchev–Trinajstić information content (AvgIpc) is 2.40. The predicted molar refractivity (Wildman–Crippen MR) is 74.7 cm³/mol. The molecule has 0 aromatic heterocycles. The van der Waals surface area contributed by atoms with Crippen molar-refractivity contribution in [3.8, 4) is 0 Å². The highest BCUT2D eigenvalue weighted by atomic mass is 16.4. The maximum atomic E-state index is 11.5. The molecule has 0 heterocycles. The van der Waals surface area contributed by atoms with Crippen LogP contribution in [0.3, 0.4) is 0 Å². The molecule has 0 bridgehead atoms. The molecule has 2 aromatic rings. The van der Waals surface area contributed by atoms with Crippen LogP contribution in [0.15, 0.2) is 60.7 Å². The molecule has 0 fully saturated rings. The van der Waals surface area contributed by atoms with Crippen LogP contribution in [-0.2, 0) is 11.3 Å². The van der Waals surface area contributed by atoms with Gasteiger partial charge in [-0.2, -0.15) is 0 Å². The normalized spacial score (nSPS) is 12.3. The van der Waals surface area contributed by atoms with Gasteiger partial charge in [-0.1, -0.05) is 60.7 Å². The van der Waals surface area contributed by atoms with Gasteiger partial charge in [-0.3, -0.25) is 9.69 Å². The fraction of sp³-hybridized carbons (Fsp3) is 0.188. The fourth-order valence-corrected chi connectivity index (χ4v) is 2.18. The number of carboxylic acid groups (broad SMARTS) is 1. The van der Waals surface area contributed by atoms with Crippen molar-refractivity contribution in [3.05, 3.63) is 71.8 Å². The minimum absolute atomic E-state index is 0.604. The summed E-state index contributed by atoms with van der Waals surface area (Å²) in [5.74, 6) is -0.829. The number of hydrogen-bond donors (Lipinski definition) is 1. The van der Waals surface area contributed by atoms with Crippen LogP contribution in [0.25, 0.3) is 0 Å². The van der Waals surface area contributed by atoms with Crippen molar-refractivity contribution in [3.63, 3.8) is 0 Å². The summed E-state index contributed by atoms with van der Waals surface area (Å²) in [6.45, 7) is 0.604. The summed E-state index contributed by atoms with van der Waals surface area (Å²) in [6, 6.07) is 18.6. The first-order valence-electron chi connectivity index (χ1n) is 6.20. The van der Waals surface area contributed by atoms with E-state index in [1.807, 2.05) is 72.6 Å². The van der Waals surface area contributed by atoms with Crippen molar-refractivity contribution in [2.75, 3.05) is 7.05 Å². The number of hydrogen-bond acceptors (Lipinski definition) is 2. The zero-order chi connectivity index (χ0) is 13.7. The lowest BCUT2D eigenvalue weighted by atomic mass is 10.1. The van der Waals surface area contributed by atoms with Gasteiger partial charge in [0.1, 0.15) is 6.04 Å². The second-order valence-electron chi connectivity index (χ2n) is 4.55. The van der Waals surface area contributed by atoms with Crippen LogP contribution in [0.4, 0.5) is 0 Å². The number of likely N-dealkylation sites (N-methyl/N-ethyl adjacent to an activating group) is 1. The van der Waals surface area contributed by atoms with E-state index in [1.54, 1.807) is 0 Å². The first-order chi connectivity index (χ1) is 9.18. The minimum Gasteiger partial charge on any atom is -0.480 e. The van der Waals surface area contributed by atoms with Crippen LogP contribution in [0, 0.1) is 0 Å². The van der Waals surface area contributed by atoms with Crippen LogP contribution in [0.5, 0.6) is 0 Å². The van der Waals surface area contributed by atoms with Gasteiger partial charge in [0.15, 0.2) is 0 Å². The van der Waals surface area contributed by atoms with Gasteiger partial charge < -0.3 is 5.11 Å². The average molecular weight is 255 g/mol. The van der Waals surface area contributed by atoms with E-state index in [-0.39, 0.29) is 0 Å². The predicted octanol–water partition coefficient (Wildman–Crippen LogP) is 2.94. The van der Waals surface area contributed by atoms with Crippen molar-refractivity contribution < 1.29 is 9.90 Å². The van der Waals surface area contributed by atoms with E-state index in [2.05, 4.69) is 0 Å². The Bertz CT molecular complexity index is 525. The number of carboxylic acids is 1. The molecule has 1 unspecified atom stereocenters. The largest absolute Gasteiger partial charge is 0.480 e. The summed E-state index contributed by atoms with van der Waals surface area (Å²) in [6.07, 6.45) is 0. The Morgan fingerprint density at radius 2 is 1.58 bits per heavy atom. The maximum absolute atomic E-state index is 11.5. The highest BCUT2D eigenvalue weighted by Gasteiger charge is 2.24. The standard InChI is InChI=1S/C16H17NO2/c1-17(12-13-8-4-2-5-9-13)15(16(18)19)14-10-6-3-7-11-14/h2-11,15H,12H2,1H3,(H,18,19). The Morgan fingerprint density at radius 1 is 1.05 bits per heavy atom. The number of carbonyl (C=O) groups is 1. The molecule has 0 amide bonds. The highest BCUT2D eigenvalue weighted by Crippen LogP contribution is 2.21. The molecular weight excluding hydrogens is 238 g/mol. The van der Waals surface area contributed by atoms with Gasteiger partial charge in [-0.05, 0) is 18.2 Å². The summed E-state index contributed by atoms with van der Waals surface area (Å²) in [5, 5.41) is 9.43. The second kappa shape index (κ2) is 6.16. The molecule has 3 nitrogen and oxygen atoms in total. The third-order valence-electron chi connectivity index (χ3n) is 3.06. The number of aliphatic carboxylic acids is 1. The SMILES string of the molecule is CN(Cc1ccccc1)C(C(=O)O)c1ccccc1. The molecular formula is C16H17NO2. The monoisotopic (exact) mass is 255 g/mol. The van der Waals surface area contributed by atoms with Crippen molar-refractivity contribution in [2.24, 2.45) is 0 Å². The van der Waals surface area contributed by atoms with E-state index in [0.717, 1.165) is 11.1 Å². The van der Waals surface area contributed by atoms with Gasteiger partial charge >= 0.3 is 5.97 Å². The lowest BCUT2D eigenvalue weighted by Crippen LogP contribution is -2.30. The van der Waals surface area contributed by atoms with Crippen LogP contribution in [-0.4, -0.2) is 23.0 Å². The second-order valence-corrected chi connectivity index (χ2v) is 4.55. The molecule has 0 aliphatic rings. The Morgan fingerprint density at radius 3 is 2.11 bits per heavy atom. The molecule has 3 heteroatoms. The lowest BCUT2D eigenvalue weighted by Gasteiger charge is -2.25. The third kappa shape index (κ3) is 3.42. The van der Waals surface area contributed by atoms with Crippen LogP contribution in [0.1, 0.15) is 17.2 Å². The highest BCUT2D eigenvalue weighted by molar-refractivity contribution is 5.75. The summed E-state index contributed by atoms with van der Waals surface area (Å²) < 4.78 is 0. The van der Waals surface area contributed by atoms with Gasteiger partial charge in [0, 0.05) is 6.54 Å². The number of nitrogens with zero attached hydrogens (tertiary/aromatic N) is 1. The van der Waals surface area contributed by atoms with Crippen LogP contribution >= 0.6 is 0 Å². The zero-order valence-electron chi connectivity index (χ0n) is 10.9. The summed E-state index contributed by atoms with van der Waals surface area (Å²) in [5.41, 5.74) is 1.90. The number of rotatable bonds is 5. The fourth-order valence-electron chi connectivity index (χ4n) is 2.18. The summed E-state index contributed by atoms with van der Waals surface area (Å²) in [4.78, 5) is 13.3. The van der Waals surface area contributed by atoms with Crippen molar-refractivity contribution in [1.29, 1.82) is 0 Å². The van der Waals surface area contributed by atoms with Crippen LogP contribution in [0.2, 0.25) is 0 Å². The molecule has 0 aliphatic carbocycles. The van der Waals surface area contributed by atoms with Crippen LogP contribution < -0.4 is 0 Å². The quantitative estimate of drug-likeness (QED) is 0.893. The van der Waals surface area contributed by atoms with Gasteiger partial charge in [-0.25, -0.2) is 0 Å². The Balaban J connectivity index is 2.18. The summed E-state index contributed by atoms with van der Waals surface area (Å²) >= 11 is 0. The molecule has 0 spiro atoms. The first kappa shape index (κ1) is 13.3. The Kier molecular flexibility index (Phi) is 4.31. The molecule has 1 N–H and O–H groups in total.